The third-order valence-electron chi connectivity index (χ3n) is 1.89. The van der Waals surface area contributed by atoms with Gasteiger partial charge in [0.2, 0.25) is 0 Å². The predicted octanol–water partition coefficient (Wildman–Crippen LogP) is 3.51. The van der Waals surface area contributed by atoms with Crippen LogP contribution < -0.4 is 4.74 Å². The number of allylic oxidation sites excluding steroid dienone is 1. The Kier molecular flexibility index (Phi) is 4.10. The molecule has 1 rings (SSSR count). The summed E-state index contributed by atoms with van der Waals surface area (Å²) in [5.41, 5.74) is 1.15. The maximum Gasteiger partial charge on any atom is 0.126 e. The van der Waals surface area contributed by atoms with Crippen molar-refractivity contribution < 1.29 is 4.74 Å². The number of rotatable bonds is 4. The van der Waals surface area contributed by atoms with Gasteiger partial charge in [-0.2, -0.15) is 0 Å². The molecule has 0 aliphatic rings. The smallest absolute Gasteiger partial charge is 0.126 e. The molecule has 1 heteroatoms. The van der Waals surface area contributed by atoms with Gasteiger partial charge in [0.15, 0.2) is 0 Å². The lowest BCUT2D eigenvalue weighted by Crippen LogP contribution is -1.85. The largest absolute Gasteiger partial charge is 0.496 e. The van der Waals surface area contributed by atoms with E-state index in [1.165, 1.54) is 6.42 Å². The summed E-state index contributed by atoms with van der Waals surface area (Å²) >= 11 is 0. The number of para-hydroxylation sites is 1. The van der Waals surface area contributed by atoms with E-state index in [9.17, 15) is 0 Å². The molecular formula is C12H16O. The first-order valence-corrected chi connectivity index (χ1v) is 4.68. The first kappa shape index (κ1) is 9.85. The summed E-state index contributed by atoms with van der Waals surface area (Å²) in [5, 5.41) is 0. The molecule has 1 aromatic rings. The zero-order valence-electron chi connectivity index (χ0n) is 8.29. The number of benzene rings is 1. The molecule has 0 saturated carbocycles. The molecule has 0 aliphatic heterocycles. The van der Waals surface area contributed by atoms with Crippen molar-refractivity contribution in [1.29, 1.82) is 0 Å². The summed E-state index contributed by atoms with van der Waals surface area (Å²) in [4.78, 5) is 0. The van der Waals surface area contributed by atoms with E-state index < -0.39 is 0 Å². The quantitative estimate of drug-likeness (QED) is 0.682. The van der Waals surface area contributed by atoms with Crippen LogP contribution in [-0.4, -0.2) is 7.11 Å². The molecule has 0 aliphatic carbocycles. The molecule has 0 amide bonds. The highest BCUT2D eigenvalue weighted by Gasteiger charge is 1.94. The zero-order chi connectivity index (χ0) is 9.52. The van der Waals surface area contributed by atoms with Crippen LogP contribution in [0.1, 0.15) is 25.3 Å². The number of hydrogen-bond acceptors (Lipinski definition) is 1. The summed E-state index contributed by atoms with van der Waals surface area (Å²) in [7, 11) is 1.70. The predicted molar refractivity (Wildman–Crippen MR) is 56.9 cm³/mol. The average molecular weight is 176 g/mol. The molecular weight excluding hydrogens is 160 g/mol. The molecule has 13 heavy (non-hydrogen) atoms. The maximum absolute atomic E-state index is 5.22. The standard InChI is InChI=1S/C12H16O/c1-3-4-5-8-11-9-6-7-10-12(11)13-2/h5-10H,3-4H2,1-2H3. The third-order valence-corrected chi connectivity index (χ3v) is 1.89. The second-order valence-corrected chi connectivity index (χ2v) is 2.93. The van der Waals surface area contributed by atoms with E-state index in [4.69, 9.17) is 4.74 Å². The van der Waals surface area contributed by atoms with E-state index in [0.717, 1.165) is 17.7 Å². The van der Waals surface area contributed by atoms with Gasteiger partial charge in [-0.3, -0.25) is 0 Å². The van der Waals surface area contributed by atoms with Crippen LogP contribution in [0.3, 0.4) is 0 Å². The molecule has 0 N–H and O–H groups in total. The molecule has 1 aromatic carbocycles. The average Bonchev–Trinajstić information content (AvgIpc) is 2.19. The van der Waals surface area contributed by atoms with Gasteiger partial charge in [-0.25, -0.2) is 0 Å². The molecule has 0 fully saturated rings. The molecule has 0 radical (unpaired) electrons. The Hall–Kier alpha value is -1.24. The van der Waals surface area contributed by atoms with Crippen molar-refractivity contribution in [1.82, 2.24) is 0 Å². The fraction of sp³-hybridized carbons (Fsp3) is 0.333. The van der Waals surface area contributed by atoms with Crippen LogP contribution in [-0.2, 0) is 0 Å². The lowest BCUT2D eigenvalue weighted by atomic mass is 10.1. The van der Waals surface area contributed by atoms with Crippen molar-refractivity contribution in [2.24, 2.45) is 0 Å². The van der Waals surface area contributed by atoms with E-state index in [-0.39, 0.29) is 0 Å². The lowest BCUT2D eigenvalue weighted by molar-refractivity contribution is 0.414. The van der Waals surface area contributed by atoms with E-state index >= 15 is 0 Å². The molecule has 1 nitrogen and oxygen atoms in total. The second kappa shape index (κ2) is 5.41. The SMILES string of the molecule is CCCC=Cc1ccccc1OC. The summed E-state index contributed by atoms with van der Waals surface area (Å²) in [6, 6.07) is 8.04. The van der Waals surface area contributed by atoms with Crippen LogP contribution in [0, 0.1) is 0 Å². The van der Waals surface area contributed by atoms with Crippen LogP contribution >= 0.6 is 0 Å². The van der Waals surface area contributed by atoms with Gasteiger partial charge in [0, 0.05) is 5.56 Å². The summed E-state index contributed by atoms with van der Waals surface area (Å²) in [6.45, 7) is 2.17. The summed E-state index contributed by atoms with van der Waals surface area (Å²) in [5.74, 6) is 0.940. The maximum atomic E-state index is 5.22. The first-order chi connectivity index (χ1) is 6.38. The molecule has 0 atom stereocenters. The minimum atomic E-state index is 0.940. The van der Waals surface area contributed by atoms with Crippen molar-refractivity contribution in [3.05, 3.63) is 35.9 Å². The van der Waals surface area contributed by atoms with Gasteiger partial charge < -0.3 is 4.74 Å². The second-order valence-electron chi connectivity index (χ2n) is 2.93. The van der Waals surface area contributed by atoms with Crippen molar-refractivity contribution in [2.75, 3.05) is 7.11 Å². The molecule has 0 saturated heterocycles. The zero-order valence-corrected chi connectivity index (χ0v) is 8.29. The lowest BCUT2D eigenvalue weighted by Gasteiger charge is -2.02. The highest BCUT2D eigenvalue weighted by Crippen LogP contribution is 2.18. The van der Waals surface area contributed by atoms with Crippen molar-refractivity contribution in [3.8, 4) is 5.75 Å². The molecule has 0 unspecified atom stereocenters. The van der Waals surface area contributed by atoms with Gasteiger partial charge in [-0.05, 0) is 12.5 Å². The number of hydrogen-bond donors (Lipinski definition) is 0. The summed E-state index contributed by atoms with van der Waals surface area (Å²) < 4.78 is 5.22. The molecule has 0 aromatic heterocycles. The molecule has 0 spiro atoms. The third kappa shape index (κ3) is 2.94. The molecule has 0 bridgehead atoms. The Morgan fingerprint density at radius 1 is 1.31 bits per heavy atom. The molecule has 0 heterocycles. The Morgan fingerprint density at radius 2 is 2.08 bits per heavy atom. The van der Waals surface area contributed by atoms with Gasteiger partial charge in [0.1, 0.15) is 5.75 Å². The highest BCUT2D eigenvalue weighted by molar-refractivity contribution is 5.56. The first-order valence-electron chi connectivity index (χ1n) is 4.68. The van der Waals surface area contributed by atoms with E-state index in [1.807, 2.05) is 18.2 Å². The Morgan fingerprint density at radius 3 is 2.77 bits per heavy atom. The number of unbranched alkanes of at least 4 members (excludes halogenated alkanes) is 1. The monoisotopic (exact) mass is 176 g/mol. The van der Waals surface area contributed by atoms with Crippen molar-refractivity contribution >= 4 is 6.08 Å². The topological polar surface area (TPSA) is 9.23 Å². The van der Waals surface area contributed by atoms with Crippen molar-refractivity contribution in [3.63, 3.8) is 0 Å². The van der Waals surface area contributed by atoms with E-state index in [1.54, 1.807) is 7.11 Å². The highest BCUT2D eigenvalue weighted by atomic mass is 16.5. The minimum Gasteiger partial charge on any atom is -0.496 e. The Labute approximate surface area is 80.0 Å². The van der Waals surface area contributed by atoms with Crippen LogP contribution in [0.2, 0.25) is 0 Å². The van der Waals surface area contributed by atoms with Crippen LogP contribution in [0.4, 0.5) is 0 Å². The summed E-state index contributed by atoms with van der Waals surface area (Å²) in [6.07, 6.45) is 6.60. The van der Waals surface area contributed by atoms with Gasteiger partial charge in [-0.1, -0.05) is 43.7 Å². The minimum absolute atomic E-state index is 0.940. The van der Waals surface area contributed by atoms with E-state index in [0.29, 0.717) is 0 Å². The Bertz CT molecular complexity index is 276. The van der Waals surface area contributed by atoms with Gasteiger partial charge in [0.05, 0.1) is 7.11 Å². The van der Waals surface area contributed by atoms with Gasteiger partial charge in [-0.15, -0.1) is 0 Å². The number of methoxy groups -OCH3 is 1. The van der Waals surface area contributed by atoms with Crippen LogP contribution in [0.15, 0.2) is 30.3 Å². The van der Waals surface area contributed by atoms with Gasteiger partial charge >= 0.3 is 0 Å². The fourth-order valence-corrected chi connectivity index (χ4v) is 1.18. The Balaban J connectivity index is 2.74. The fourth-order valence-electron chi connectivity index (χ4n) is 1.18. The number of ether oxygens (including phenoxy) is 1. The van der Waals surface area contributed by atoms with Crippen LogP contribution in [0.25, 0.3) is 6.08 Å². The van der Waals surface area contributed by atoms with E-state index in [2.05, 4.69) is 25.1 Å². The normalized spacial score (nSPS) is 10.6. The molecule has 70 valence electrons. The van der Waals surface area contributed by atoms with Crippen LogP contribution in [0.5, 0.6) is 5.75 Å². The van der Waals surface area contributed by atoms with Gasteiger partial charge in [0.25, 0.3) is 0 Å². The van der Waals surface area contributed by atoms with Crippen molar-refractivity contribution in [2.45, 2.75) is 19.8 Å².